The third kappa shape index (κ3) is 4.10. The van der Waals surface area contributed by atoms with Crippen molar-refractivity contribution in [1.29, 1.82) is 0 Å². The predicted octanol–water partition coefficient (Wildman–Crippen LogP) is 5.17. The van der Waals surface area contributed by atoms with Crippen molar-refractivity contribution in [2.75, 3.05) is 19.1 Å². The van der Waals surface area contributed by atoms with Crippen LogP contribution >= 0.6 is 0 Å². The van der Waals surface area contributed by atoms with Crippen LogP contribution in [-0.4, -0.2) is 26.1 Å². The fourth-order valence-electron chi connectivity index (χ4n) is 3.82. The molecule has 3 aromatic rings. The van der Waals surface area contributed by atoms with Crippen molar-refractivity contribution >= 4 is 17.6 Å². The van der Waals surface area contributed by atoms with Crippen LogP contribution in [0, 0.1) is 0 Å². The number of benzene rings is 3. The van der Waals surface area contributed by atoms with Crippen LogP contribution in [0.4, 0.5) is 10.5 Å². The van der Waals surface area contributed by atoms with E-state index in [4.69, 9.17) is 14.2 Å². The van der Waals surface area contributed by atoms with Gasteiger partial charge < -0.3 is 14.2 Å². The molecule has 4 rings (SSSR count). The fraction of sp³-hybridized carbons (Fsp3) is 0.200. The van der Waals surface area contributed by atoms with Gasteiger partial charge in [0.25, 0.3) is 0 Å². The van der Waals surface area contributed by atoms with Gasteiger partial charge in [0.2, 0.25) is 0 Å². The van der Waals surface area contributed by atoms with Crippen LogP contribution < -0.4 is 14.4 Å². The summed E-state index contributed by atoms with van der Waals surface area (Å²) < 4.78 is 16.5. The highest BCUT2D eigenvalue weighted by Gasteiger charge is 2.39. The number of hydrogen-bond acceptors (Lipinski definition) is 5. The van der Waals surface area contributed by atoms with Gasteiger partial charge in [-0.15, -0.1) is 0 Å². The summed E-state index contributed by atoms with van der Waals surface area (Å²) >= 11 is 0. The molecule has 0 unspecified atom stereocenters. The van der Waals surface area contributed by atoms with Gasteiger partial charge in [0.1, 0.15) is 18.1 Å². The minimum Gasteiger partial charge on any atom is -0.497 e. The van der Waals surface area contributed by atoms with Gasteiger partial charge in [0, 0.05) is 18.6 Å². The van der Waals surface area contributed by atoms with Crippen LogP contribution in [0.3, 0.4) is 0 Å². The molecule has 0 radical (unpaired) electrons. The third-order valence-electron chi connectivity index (χ3n) is 5.33. The smallest absolute Gasteiger partial charge is 0.415 e. The third-order valence-corrected chi connectivity index (χ3v) is 5.33. The molecule has 0 aromatic heterocycles. The first kappa shape index (κ1) is 20.5. The molecular weight excluding hydrogens is 394 g/mol. The van der Waals surface area contributed by atoms with Crippen molar-refractivity contribution in [1.82, 2.24) is 0 Å². The SMILES string of the molecule is COc1cc(OC)c2c(c1)N(C(=O)OCc1ccccc1)[C@@H](c1ccccc1)CC2=O. The Labute approximate surface area is 181 Å². The summed E-state index contributed by atoms with van der Waals surface area (Å²) in [5.41, 5.74) is 2.50. The number of Topliss-reactive ketones (excluding diaryl/α,β-unsaturated/α-hetero) is 1. The Bertz CT molecular complexity index is 1080. The summed E-state index contributed by atoms with van der Waals surface area (Å²) in [6, 6.07) is 21.8. The van der Waals surface area contributed by atoms with Crippen LogP contribution in [0.2, 0.25) is 0 Å². The molecule has 0 spiro atoms. The van der Waals surface area contributed by atoms with Crippen LogP contribution in [0.1, 0.15) is 33.9 Å². The predicted molar refractivity (Wildman–Crippen MR) is 117 cm³/mol. The van der Waals surface area contributed by atoms with Crippen LogP contribution in [0.15, 0.2) is 72.8 Å². The largest absolute Gasteiger partial charge is 0.497 e. The lowest BCUT2D eigenvalue weighted by Crippen LogP contribution is -2.40. The lowest BCUT2D eigenvalue weighted by atomic mass is 9.90. The van der Waals surface area contributed by atoms with Crippen molar-refractivity contribution in [2.24, 2.45) is 0 Å². The fourth-order valence-corrected chi connectivity index (χ4v) is 3.82. The monoisotopic (exact) mass is 417 g/mol. The lowest BCUT2D eigenvalue weighted by molar-refractivity contribution is 0.0957. The number of ketones is 1. The summed E-state index contributed by atoms with van der Waals surface area (Å²) in [7, 11) is 3.02. The van der Waals surface area contributed by atoms with Crippen LogP contribution in [0.5, 0.6) is 11.5 Å². The van der Waals surface area contributed by atoms with Crippen molar-refractivity contribution in [2.45, 2.75) is 19.1 Å². The first-order valence-electron chi connectivity index (χ1n) is 9.96. The molecule has 0 bridgehead atoms. The summed E-state index contributed by atoms with van der Waals surface area (Å²) in [6.07, 6.45) is -0.415. The van der Waals surface area contributed by atoms with E-state index in [9.17, 15) is 9.59 Å². The number of methoxy groups -OCH3 is 2. The second kappa shape index (κ2) is 8.92. The second-order valence-corrected chi connectivity index (χ2v) is 7.19. The van der Waals surface area contributed by atoms with E-state index in [-0.39, 0.29) is 18.8 Å². The van der Waals surface area contributed by atoms with Crippen molar-refractivity contribution < 1.29 is 23.8 Å². The van der Waals surface area contributed by atoms with Crippen molar-refractivity contribution in [3.05, 3.63) is 89.5 Å². The molecule has 6 heteroatoms. The van der Waals surface area contributed by atoms with E-state index in [0.29, 0.717) is 22.7 Å². The van der Waals surface area contributed by atoms with Gasteiger partial charge in [0.05, 0.1) is 31.5 Å². The van der Waals surface area contributed by atoms with Gasteiger partial charge in [-0.2, -0.15) is 0 Å². The summed E-state index contributed by atoms with van der Waals surface area (Å²) in [4.78, 5) is 28.0. The highest BCUT2D eigenvalue weighted by molar-refractivity contribution is 6.10. The minimum atomic E-state index is -0.540. The zero-order valence-corrected chi connectivity index (χ0v) is 17.4. The topological polar surface area (TPSA) is 65.1 Å². The van der Waals surface area contributed by atoms with Gasteiger partial charge in [-0.1, -0.05) is 60.7 Å². The minimum absolute atomic E-state index is 0.101. The zero-order valence-electron chi connectivity index (χ0n) is 17.4. The number of carbonyl (C=O) groups is 2. The summed E-state index contributed by atoms with van der Waals surface area (Å²) in [6.45, 7) is 0.127. The molecule has 31 heavy (non-hydrogen) atoms. The van der Waals surface area contributed by atoms with Crippen molar-refractivity contribution in [3.8, 4) is 11.5 Å². The Morgan fingerprint density at radius 3 is 2.29 bits per heavy atom. The van der Waals surface area contributed by atoms with Gasteiger partial charge in [-0.05, 0) is 11.1 Å². The van der Waals surface area contributed by atoms with E-state index in [1.54, 1.807) is 12.1 Å². The van der Waals surface area contributed by atoms with Gasteiger partial charge in [-0.25, -0.2) is 4.79 Å². The van der Waals surface area contributed by atoms with Crippen molar-refractivity contribution in [3.63, 3.8) is 0 Å². The number of rotatable bonds is 5. The maximum absolute atomic E-state index is 13.3. The zero-order chi connectivity index (χ0) is 21.8. The molecule has 1 aliphatic rings. The molecule has 1 atom stereocenters. The Morgan fingerprint density at radius 1 is 0.968 bits per heavy atom. The maximum atomic E-state index is 13.3. The first-order chi connectivity index (χ1) is 15.1. The number of ether oxygens (including phenoxy) is 3. The Balaban J connectivity index is 1.78. The number of amides is 1. The molecule has 3 aromatic carbocycles. The number of carbonyl (C=O) groups excluding carboxylic acids is 2. The highest BCUT2D eigenvalue weighted by Crippen LogP contribution is 2.45. The molecule has 0 fully saturated rings. The molecule has 0 aliphatic carbocycles. The number of anilines is 1. The Kier molecular flexibility index (Phi) is 5.89. The molecule has 1 amide bonds. The van der Waals surface area contributed by atoms with E-state index in [1.807, 2.05) is 60.7 Å². The average Bonchev–Trinajstić information content (AvgIpc) is 2.82. The van der Waals surface area contributed by atoms with E-state index in [1.165, 1.54) is 19.1 Å². The lowest BCUT2D eigenvalue weighted by Gasteiger charge is -2.36. The molecule has 1 heterocycles. The van der Waals surface area contributed by atoms with Gasteiger partial charge >= 0.3 is 6.09 Å². The molecular formula is C25H23NO5. The van der Waals surface area contributed by atoms with E-state index in [2.05, 4.69) is 0 Å². The molecule has 0 saturated heterocycles. The average molecular weight is 417 g/mol. The Hall–Kier alpha value is -3.80. The van der Waals surface area contributed by atoms with E-state index in [0.717, 1.165) is 11.1 Å². The Morgan fingerprint density at radius 2 is 1.65 bits per heavy atom. The number of hydrogen-bond donors (Lipinski definition) is 0. The molecule has 1 aliphatic heterocycles. The summed E-state index contributed by atoms with van der Waals surface area (Å²) in [5.74, 6) is 0.750. The molecule has 158 valence electrons. The van der Waals surface area contributed by atoms with E-state index >= 15 is 0 Å². The van der Waals surface area contributed by atoms with Gasteiger partial charge in [0.15, 0.2) is 5.78 Å². The number of nitrogens with zero attached hydrogens (tertiary/aromatic N) is 1. The normalized spacial score (nSPS) is 15.2. The molecule has 6 nitrogen and oxygen atoms in total. The standard InChI is InChI=1S/C25H23NO5/c1-29-19-13-21-24(23(14-19)30-2)22(27)15-20(18-11-7-4-8-12-18)26(21)25(28)31-16-17-9-5-3-6-10-17/h3-14,20H,15-16H2,1-2H3/t20-/m1/s1. The highest BCUT2D eigenvalue weighted by atomic mass is 16.6. The maximum Gasteiger partial charge on any atom is 0.415 e. The van der Waals surface area contributed by atoms with Crippen LogP contribution in [-0.2, 0) is 11.3 Å². The molecule has 0 saturated carbocycles. The molecule has 0 N–H and O–H groups in total. The van der Waals surface area contributed by atoms with Gasteiger partial charge in [-0.3, -0.25) is 9.69 Å². The van der Waals surface area contributed by atoms with Crippen LogP contribution in [0.25, 0.3) is 0 Å². The number of fused-ring (bicyclic) bond motifs is 1. The quantitative estimate of drug-likeness (QED) is 0.573. The van der Waals surface area contributed by atoms with E-state index < -0.39 is 12.1 Å². The first-order valence-corrected chi connectivity index (χ1v) is 9.96. The summed E-state index contributed by atoms with van der Waals surface area (Å²) in [5, 5.41) is 0. The second-order valence-electron chi connectivity index (χ2n) is 7.19.